The smallest absolute Gasteiger partial charge is 0.340 e. The summed E-state index contributed by atoms with van der Waals surface area (Å²) in [6, 6.07) is 0. The van der Waals surface area contributed by atoms with E-state index < -0.39 is 11.9 Å². The quantitative estimate of drug-likeness (QED) is 0.237. The van der Waals surface area contributed by atoms with Crippen LogP contribution in [0.15, 0.2) is 17.9 Å². The monoisotopic (exact) mass is 534 g/mol. The second-order valence-electron chi connectivity index (χ2n) is 3.80. The van der Waals surface area contributed by atoms with Gasteiger partial charge >= 0.3 is 11.9 Å². The molecule has 110 valence electrons. The number of carbonyl (C=O) groups is 2. The summed E-state index contributed by atoms with van der Waals surface area (Å²) in [7, 11) is 0. The molecule has 0 saturated carbocycles. The molecule has 0 fully saturated rings. The lowest BCUT2D eigenvalue weighted by atomic mass is 10.1. The minimum Gasteiger partial charge on any atom is -0.478 e. The van der Waals surface area contributed by atoms with E-state index in [1.54, 1.807) is 0 Å². The Balaban J connectivity index is 3.37. The van der Waals surface area contributed by atoms with Gasteiger partial charge in [-0.05, 0) is 70.1 Å². The third-order valence-electron chi connectivity index (χ3n) is 2.42. The molecule has 1 aromatic carbocycles. The zero-order valence-electron chi connectivity index (χ0n) is 10.3. The van der Waals surface area contributed by atoms with Crippen LogP contribution in [-0.2, 0) is 4.74 Å². The number of carboxylic acid groups (broad SMARTS) is 1. The largest absolute Gasteiger partial charge is 0.478 e. The van der Waals surface area contributed by atoms with Crippen LogP contribution in [0.3, 0.4) is 0 Å². The van der Waals surface area contributed by atoms with Crippen LogP contribution in [0.25, 0.3) is 0 Å². The van der Waals surface area contributed by atoms with Gasteiger partial charge in [0, 0.05) is 17.9 Å². The number of carbonyl (C=O) groups excluding carboxylic acids is 1. The summed E-state index contributed by atoms with van der Waals surface area (Å²) >= 11 is 13.0. The summed E-state index contributed by atoms with van der Waals surface area (Å²) in [5.74, 6) is -1.88. The van der Waals surface area contributed by atoms with Crippen molar-refractivity contribution in [2.45, 2.75) is 19.8 Å². The van der Waals surface area contributed by atoms with Gasteiger partial charge in [0.1, 0.15) is 0 Å². The molecule has 0 aliphatic rings. The lowest BCUT2D eigenvalue weighted by molar-refractivity contribution is 0.0488. The molecule has 4 nitrogen and oxygen atoms in total. The van der Waals surface area contributed by atoms with Gasteiger partial charge in [-0.1, -0.05) is 13.3 Å². The van der Waals surface area contributed by atoms with E-state index >= 15 is 0 Å². The SMILES string of the molecule is CCCCOC(=O)c1c(Br)c(Br)c(Br)c(Br)c1C(=O)O. The molecule has 0 bridgehead atoms. The highest BCUT2D eigenvalue weighted by Crippen LogP contribution is 2.42. The molecule has 0 radical (unpaired) electrons. The predicted molar refractivity (Wildman–Crippen MR) is 89.4 cm³/mol. The van der Waals surface area contributed by atoms with Crippen LogP contribution in [-0.4, -0.2) is 23.7 Å². The van der Waals surface area contributed by atoms with Gasteiger partial charge in [-0.3, -0.25) is 0 Å². The van der Waals surface area contributed by atoms with Crippen molar-refractivity contribution in [2.24, 2.45) is 0 Å². The second kappa shape index (κ2) is 7.91. The number of hydrogen-bond acceptors (Lipinski definition) is 3. The van der Waals surface area contributed by atoms with Gasteiger partial charge in [-0.25, -0.2) is 9.59 Å². The molecule has 1 N–H and O–H groups in total. The lowest BCUT2D eigenvalue weighted by Crippen LogP contribution is -2.15. The number of halogens is 4. The number of esters is 1. The Labute approximate surface area is 149 Å². The Morgan fingerprint density at radius 3 is 1.95 bits per heavy atom. The van der Waals surface area contributed by atoms with Crippen molar-refractivity contribution in [3.8, 4) is 0 Å². The van der Waals surface area contributed by atoms with Crippen LogP contribution in [0.5, 0.6) is 0 Å². The van der Waals surface area contributed by atoms with Crippen molar-refractivity contribution < 1.29 is 19.4 Å². The maximum atomic E-state index is 12.1. The lowest BCUT2D eigenvalue weighted by Gasteiger charge is -2.14. The third kappa shape index (κ3) is 3.84. The fraction of sp³-hybridized carbons (Fsp3) is 0.333. The molecule has 0 unspecified atom stereocenters. The van der Waals surface area contributed by atoms with Gasteiger partial charge in [0.25, 0.3) is 0 Å². The van der Waals surface area contributed by atoms with E-state index in [2.05, 4.69) is 63.7 Å². The molecule has 0 aliphatic carbocycles. The summed E-state index contributed by atoms with van der Waals surface area (Å²) < 4.78 is 6.77. The molecule has 0 atom stereocenters. The van der Waals surface area contributed by atoms with Gasteiger partial charge < -0.3 is 9.84 Å². The fourth-order valence-corrected chi connectivity index (χ4v) is 3.86. The normalized spacial score (nSPS) is 10.4. The van der Waals surface area contributed by atoms with Crippen LogP contribution in [0.1, 0.15) is 40.5 Å². The van der Waals surface area contributed by atoms with Gasteiger partial charge in [-0.2, -0.15) is 0 Å². The summed E-state index contributed by atoms with van der Waals surface area (Å²) in [5, 5.41) is 9.31. The van der Waals surface area contributed by atoms with Crippen molar-refractivity contribution in [2.75, 3.05) is 6.61 Å². The number of hydrogen-bond donors (Lipinski definition) is 1. The molecule has 8 heteroatoms. The number of rotatable bonds is 5. The van der Waals surface area contributed by atoms with Crippen molar-refractivity contribution in [3.05, 3.63) is 29.0 Å². The average Bonchev–Trinajstić information content (AvgIpc) is 2.39. The zero-order valence-corrected chi connectivity index (χ0v) is 16.6. The first-order valence-corrected chi connectivity index (χ1v) is 8.76. The average molecular weight is 538 g/mol. The Morgan fingerprint density at radius 1 is 1.00 bits per heavy atom. The van der Waals surface area contributed by atoms with Crippen LogP contribution in [0.2, 0.25) is 0 Å². The molecular weight excluding hydrogens is 528 g/mol. The van der Waals surface area contributed by atoms with Crippen LogP contribution < -0.4 is 0 Å². The summed E-state index contributed by atoms with van der Waals surface area (Å²) in [6.45, 7) is 2.23. The highest BCUT2D eigenvalue weighted by molar-refractivity contribution is 9.15. The number of ether oxygens (including phenoxy) is 1. The van der Waals surface area contributed by atoms with E-state index in [0.717, 1.165) is 12.8 Å². The molecule has 20 heavy (non-hydrogen) atoms. The molecule has 1 aromatic rings. The summed E-state index contributed by atoms with van der Waals surface area (Å²) in [6.07, 6.45) is 1.61. The number of aromatic carboxylic acids is 1. The van der Waals surface area contributed by atoms with E-state index in [9.17, 15) is 14.7 Å². The number of unbranched alkanes of at least 4 members (excludes halogenated alkanes) is 1. The minimum atomic E-state index is -1.21. The van der Waals surface area contributed by atoms with E-state index in [4.69, 9.17) is 4.74 Å². The zero-order chi connectivity index (χ0) is 15.4. The molecule has 1 rings (SSSR count). The molecule has 0 aliphatic heterocycles. The molecule has 0 amide bonds. The van der Waals surface area contributed by atoms with Gasteiger partial charge in [0.05, 0.1) is 17.7 Å². The molecule has 0 spiro atoms. The summed E-state index contributed by atoms with van der Waals surface area (Å²) in [4.78, 5) is 23.5. The van der Waals surface area contributed by atoms with E-state index in [0.29, 0.717) is 13.4 Å². The van der Waals surface area contributed by atoms with Crippen LogP contribution in [0, 0.1) is 0 Å². The Kier molecular flexibility index (Phi) is 7.17. The molecule has 0 saturated heterocycles. The Hall–Kier alpha value is 0.0800. The standard InChI is InChI=1S/C12H10Br4O4/c1-2-3-4-20-12(19)6-5(11(17)18)7(13)9(15)10(16)8(6)14/h2-4H2,1H3,(H,17,18). The van der Waals surface area contributed by atoms with E-state index in [1.165, 1.54) is 0 Å². The van der Waals surface area contributed by atoms with Crippen LogP contribution in [0.4, 0.5) is 0 Å². The van der Waals surface area contributed by atoms with Crippen LogP contribution >= 0.6 is 63.7 Å². The van der Waals surface area contributed by atoms with Crippen molar-refractivity contribution >= 4 is 75.7 Å². The van der Waals surface area contributed by atoms with Gasteiger partial charge in [0.15, 0.2) is 0 Å². The first kappa shape index (κ1) is 18.1. The maximum Gasteiger partial charge on any atom is 0.340 e. The topological polar surface area (TPSA) is 63.6 Å². The molecule has 0 aromatic heterocycles. The summed E-state index contributed by atoms with van der Waals surface area (Å²) in [5.41, 5.74) is -0.163. The fourth-order valence-electron chi connectivity index (χ4n) is 1.41. The van der Waals surface area contributed by atoms with E-state index in [-0.39, 0.29) is 22.2 Å². The second-order valence-corrected chi connectivity index (χ2v) is 6.97. The highest BCUT2D eigenvalue weighted by atomic mass is 79.9. The molecular formula is C12H10Br4O4. The van der Waals surface area contributed by atoms with Crippen molar-refractivity contribution in [1.29, 1.82) is 0 Å². The first-order valence-electron chi connectivity index (χ1n) is 5.59. The predicted octanol–water partition coefficient (Wildman–Crippen LogP) is 5.39. The van der Waals surface area contributed by atoms with Gasteiger partial charge in [0.2, 0.25) is 0 Å². The number of benzene rings is 1. The Bertz CT molecular complexity index is 557. The number of carboxylic acids is 1. The van der Waals surface area contributed by atoms with Crippen molar-refractivity contribution in [3.63, 3.8) is 0 Å². The first-order chi connectivity index (χ1) is 9.32. The molecule has 0 heterocycles. The highest BCUT2D eigenvalue weighted by Gasteiger charge is 2.28. The third-order valence-corrected chi connectivity index (χ3v) is 7.18. The minimum absolute atomic E-state index is 0.0180. The van der Waals surface area contributed by atoms with E-state index in [1.807, 2.05) is 6.92 Å². The maximum absolute atomic E-state index is 12.1. The van der Waals surface area contributed by atoms with Gasteiger partial charge in [-0.15, -0.1) is 0 Å². The Morgan fingerprint density at radius 2 is 1.50 bits per heavy atom. The van der Waals surface area contributed by atoms with Crippen molar-refractivity contribution in [1.82, 2.24) is 0 Å².